The summed E-state index contributed by atoms with van der Waals surface area (Å²) in [4.78, 5) is 12.7. The SMILES string of the molecule is CC/C(=C/CNCc1sccc1CC)C(=O)OC. The molecule has 0 aliphatic heterocycles. The summed E-state index contributed by atoms with van der Waals surface area (Å²) in [6.45, 7) is 5.67. The Bertz CT molecular complexity index is 410. The van der Waals surface area contributed by atoms with Crippen molar-refractivity contribution in [1.29, 1.82) is 0 Å². The number of aryl methyl sites for hydroxylation is 1. The first-order chi connectivity index (χ1) is 8.72. The van der Waals surface area contributed by atoms with Crippen molar-refractivity contribution in [3.63, 3.8) is 0 Å². The molecule has 0 aliphatic rings. The van der Waals surface area contributed by atoms with E-state index in [4.69, 9.17) is 4.74 Å². The summed E-state index contributed by atoms with van der Waals surface area (Å²) >= 11 is 1.77. The van der Waals surface area contributed by atoms with Crippen molar-refractivity contribution in [2.75, 3.05) is 13.7 Å². The van der Waals surface area contributed by atoms with Crippen molar-refractivity contribution < 1.29 is 9.53 Å². The molecule has 3 nitrogen and oxygen atoms in total. The van der Waals surface area contributed by atoms with Gasteiger partial charge in [0.2, 0.25) is 0 Å². The lowest BCUT2D eigenvalue weighted by molar-refractivity contribution is -0.136. The van der Waals surface area contributed by atoms with Gasteiger partial charge in [-0.3, -0.25) is 0 Å². The second-order valence-electron chi connectivity index (χ2n) is 3.93. The van der Waals surface area contributed by atoms with Gasteiger partial charge in [-0.15, -0.1) is 11.3 Å². The van der Waals surface area contributed by atoms with Crippen LogP contribution >= 0.6 is 11.3 Å². The normalized spacial score (nSPS) is 11.6. The van der Waals surface area contributed by atoms with Crippen LogP contribution in [0.5, 0.6) is 0 Å². The van der Waals surface area contributed by atoms with Gasteiger partial charge >= 0.3 is 5.97 Å². The molecule has 0 aromatic carbocycles. The van der Waals surface area contributed by atoms with Crippen molar-refractivity contribution >= 4 is 17.3 Å². The molecule has 1 heterocycles. The van der Waals surface area contributed by atoms with Crippen LogP contribution in [-0.2, 0) is 22.5 Å². The van der Waals surface area contributed by atoms with Crippen LogP contribution in [0.1, 0.15) is 30.7 Å². The first kappa shape index (κ1) is 14.9. The van der Waals surface area contributed by atoms with E-state index in [0.717, 1.165) is 18.5 Å². The van der Waals surface area contributed by atoms with E-state index >= 15 is 0 Å². The van der Waals surface area contributed by atoms with E-state index < -0.39 is 0 Å². The Morgan fingerprint density at radius 3 is 2.89 bits per heavy atom. The highest BCUT2D eigenvalue weighted by atomic mass is 32.1. The highest BCUT2D eigenvalue weighted by Gasteiger charge is 2.06. The molecule has 0 radical (unpaired) electrons. The molecule has 1 N–H and O–H groups in total. The van der Waals surface area contributed by atoms with Crippen LogP contribution in [0.4, 0.5) is 0 Å². The average Bonchev–Trinajstić information content (AvgIpc) is 2.85. The molecule has 0 bridgehead atoms. The first-order valence-corrected chi connectivity index (χ1v) is 7.14. The number of carbonyl (C=O) groups excluding carboxylic acids is 1. The summed E-state index contributed by atoms with van der Waals surface area (Å²) in [6.07, 6.45) is 3.68. The molecular weight excluding hydrogens is 246 g/mol. The number of hydrogen-bond donors (Lipinski definition) is 1. The summed E-state index contributed by atoms with van der Waals surface area (Å²) in [6, 6.07) is 2.17. The number of methoxy groups -OCH3 is 1. The zero-order valence-electron chi connectivity index (χ0n) is 11.3. The lowest BCUT2D eigenvalue weighted by Crippen LogP contribution is -2.15. The third-order valence-electron chi connectivity index (χ3n) is 2.83. The fraction of sp³-hybridized carbons (Fsp3) is 0.500. The molecule has 4 heteroatoms. The standard InChI is InChI=1S/C14H21NO2S/c1-4-11-7-9-18-13(11)10-15-8-6-12(5-2)14(16)17-3/h6-7,9,15H,4-5,8,10H2,1-3H3/b12-6-. The smallest absolute Gasteiger partial charge is 0.333 e. The number of rotatable bonds is 7. The fourth-order valence-electron chi connectivity index (χ4n) is 1.72. The Hall–Kier alpha value is -1.13. The van der Waals surface area contributed by atoms with Crippen LogP contribution in [0.2, 0.25) is 0 Å². The second-order valence-corrected chi connectivity index (χ2v) is 4.93. The van der Waals surface area contributed by atoms with E-state index in [0.29, 0.717) is 13.0 Å². The van der Waals surface area contributed by atoms with Gasteiger partial charge in [0.25, 0.3) is 0 Å². The van der Waals surface area contributed by atoms with Gasteiger partial charge in [-0.2, -0.15) is 0 Å². The van der Waals surface area contributed by atoms with Crippen molar-refractivity contribution in [2.24, 2.45) is 0 Å². The third kappa shape index (κ3) is 4.27. The van der Waals surface area contributed by atoms with Crippen LogP contribution < -0.4 is 5.32 Å². The molecule has 1 aromatic rings. The molecule has 0 atom stereocenters. The number of carbonyl (C=O) groups is 1. The Labute approximate surface area is 113 Å². The van der Waals surface area contributed by atoms with Crippen LogP contribution in [0.15, 0.2) is 23.1 Å². The van der Waals surface area contributed by atoms with Crippen molar-refractivity contribution in [3.05, 3.63) is 33.5 Å². The van der Waals surface area contributed by atoms with Gasteiger partial charge in [0.1, 0.15) is 0 Å². The zero-order valence-corrected chi connectivity index (χ0v) is 12.1. The van der Waals surface area contributed by atoms with Crippen LogP contribution in [0.25, 0.3) is 0 Å². The summed E-state index contributed by atoms with van der Waals surface area (Å²) < 4.78 is 4.71. The molecule has 1 rings (SSSR count). The largest absolute Gasteiger partial charge is 0.466 e. The Morgan fingerprint density at radius 1 is 1.50 bits per heavy atom. The molecule has 0 saturated carbocycles. The molecular formula is C14H21NO2S. The maximum absolute atomic E-state index is 11.4. The number of ether oxygens (including phenoxy) is 1. The predicted molar refractivity (Wildman–Crippen MR) is 75.8 cm³/mol. The monoisotopic (exact) mass is 267 g/mol. The average molecular weight is 267 g/mol. The van der Waals surface area contributed by atoms with Crippen LogP contribution in [0.3, 0.4) is 0 Å². The van der Waals surface area contributed by atoms with Crippen molar-refractivity contribution in [1.82, 2.24) is 5.32 Å². The summed E-state index contributed by atoms with van der Waals surface area (Å²) in [5, 5.41) is 5.46. The maximum Gasteiger partial charge on any atom is 0.333 e. The van der Waals surface area contributed by atoms with E-state index in [-0.39, 0.29) is 5.97 Å². The van der Waals surface area contributed by atoms with Gasteiger partial charge in [0, 0.05) is 23.5 Å². The third-order valence-corrected chi connectivity index (χ3v) is 3.79. The number of esters is 1. The fourth-order valence-corrected chi connectivity index (χ4v) is 2.67. The van der Waals surface area contributed by atoms with Gasteiger partial charge in [0.15, 0.2) is 0 Å². The minimum absolute atomic E-state index is 0.232. The Balaban J connectivity index is 2.42. The number of hydrogen-bond acceptors (Lipinski definition) is 4. The Morgan fingerprint density at radius 2 is 2.28 bits per heavy atom. The lowest BCUT2D eigenvalue weighted by Gasteiger charge is -2.04. The zero-order chi connectivity index (χ0) is 13.4. The molecule has 0 unspecified atom stereocenters. The molecule has 18 heavy (non-hydrogen) atoms. The van der Waals surface area contributed by atoms with Crippen LogP contribution in [-0.4, -0.2) is 19.6 Å². The predicted octanol–water partition coefficient (Wildman–Crippen LogP) is 2.91. The summed E-state index contributed by atoms with van der Waals surface area (Å²) in [7, 11) is 1.42. The van der Waals surface area contributed by atoms with Crippen molar-refractivity contribution in [3.8, 4) is 0 Å². The lowest BCUT2D eigenvalue weighted by atomic mass is 10.2. The van der Waals surface area contributed by atoms with E-state index in [1.165, 1.54) is 17.6 Å². The molecule has 0 amide bonds. The second kappa shape index (κ2) is 8.06. The van der Waals surface area contributed by atoms with E-state index in [1.54, 1.807) is 11.3 Å². The molecule has 100 valence electrons. The molecule has 0 aliphatic carbocycles. The quantitative estimate of drug-likeness (QED) is 0.469. The number of thiophene rings is 1. The molecule has 0 fully saturated rings. The van der Waals surface area contributed by atoms with E-state index in [9.17, 15) is 4.79 Å². The van der Waals surface area contributed by atoms with Gasteiger partial charge < -0.3 is 10.1 Å². The molecule has 0 spiro atoms. The Kier molecular flexibility index (Phi) is 6.68. The van der Waals surface area contributed by atoms with Gasteiger partial charge in [-0.25, -0.2) is 4.79 Å². The summed E-state index contributed by atoms with van der Waals surface area (Å²) in [5.41, 5.74) is 2.13. The van der Waals surface area contributed by atoms with E-state index in [1.807, 2.05) is 13.0 Å². The highest BCUT2D eigenvalue weighted by Crippen LogP contribution is 2.16. The molecule has 0 saturated heterocycles. The summed E-state index contributed by atoms with van der Waals surface area (Å²) in [5.74, 6) is -0.232. The number of nitrogens with one attached hydrogen (secondary N) is 1. The topological polar surface area (TPSA) is 38.3 Å². The minimum atomic E-state index is -0.232. The van der Waals surface area contributed by atoms with Crippen LogP contribution in [0, 0.1) is 0 Å². The van der Waals surface area contributed by atoms with Gasteiger partial charge in [0.05, 0.1) is 7.11 Å². The van der Waals surface area contributed by atoms with Gasteiger partial charge in [-0.05, 0) is 29.9 Å². The maximum atomic E-state index is 11.4. The highest BCUT2D eigenvalue weighted by molar-refractivity contribution is 7.10. The van der Waals surface area contributed by atoms with Crippen molar-refractivity contribution in [2.45, 2.75) is 33.2 Å². The van der Waals surface area contributed by atoms with E-state index in [2.05, 4.69) is 23.7 Å². The first-order valence-electron chi connectivity index (χ1n) is 6.26. The molecule has 1 aromatic heterocycles. The van der Waals surface area contributed by atoms with Gasteiger partial charge in [-0.1, -0.05) is 19.9 Å². The minimum Gasteiger partial charge on any atom is -0.466 e.